The van der Waals surface area contributed by atoms with Gasteiger partial charge in [0.2, 0.25) is 11.7 Å². The van der Waals surface area contributed by atoms with Crippen LogP contribution in [0.3, 0.4) is 0 Å². The smallest absolute Gasteiger partial charge is 0.241 e. The van der Waals surface area contributed by atoms with Gasteiger partial charge in [-0.2, -0.15) is 15.3 Å². The van der Waals surface area contributed by atoms with Gasteiger partial charge < -0.3 is 4.52 Å². The average Bonchev–Trinajstić information content (AvgIpc) is 2.70. The molecular weight excluding hydrogens is 172 g/mol. The SMILES string of the molecule is N#CCc1nc(-c2ncn[nH]2)no1. The largest absolute Gasteiger partial charge is 0.338 e. The third kappa shape index (κ3) is 1.37. The van der Waals surface area contributed by atoms with E-state index in [0.717, 1.165) is 0 Å². The lowest BCUT2D eigenvalue weighted by molar-refractivity contribution is 0.387. The van der Waals surface area contributed by atoms with Crippen LogP contribution >= 0.6 is 0 Å². The van der Waals surface area contributed by atoms with Gasteiger partial charge in [0.25, 0.3) is 0 Å². The molecule has 0 aromatic carbocycles. The topological polar surface area (TPSA) is 104 Å². The molecule has 0 spiro atoms. The molecule has 7 nitrogen and oxygen atoms in total. The molecular formula is C6H4N6O. The Morgan fingerprint density at radius 3 is 3.23 bits per heavy atom. The van der Waals surface area contributed by atoms with Crippen molar-refractivity contribution in [3.8, 4) is 17.7 Å². The van der Waals surface area contributed by atoms with Crippen molar-refractivity contribution in [2.24, 2.45) is 0 Å². The van der Waals surface area contributed by atoms with Gasteiger partial charge in [0.15, 0.2) is 5.82 Å². The predicted molar refractivity (Wildman–Crippen MR) is 39.0 cm³/mol. The predicted octanol–water partition coefficient (Wildman–Crippen LogP) is -0.0792. The Morgan fingerprint density at radius 2 is 2.54 bits per heavy atom. The number of aromatic amines is 1. The maximum absolute atomic E-state index is 8.35. The highest BCUT2D eigenvalue weighted by Gasteiger charge is 2.09. The number of hydrogen-bond donors (Lipinski definition) is 1. The zero-order chi connectivity index (χ0) is 9.10. The first-order chi connectivity index (χ1) is 6.40. The van der Waals surface area contributed by atoms with Gasteiger partial charge in [0.1, 0.15) is 12.7 Å². The van der Waals surface area contributed by atoms with Crippen molar-refractivity contribution in [3.63, 3.8) is 0 Å². The molecule has 0 fully saturated rings. The van der Waals surface area contributed by atoms with E-state index in [9.17, 15) is 0 Å². The van der Waals surface area contributed by atoms with Crippen molar-refractivity contribution >= 4 is 0 Å². The number of rotatable bonds is 2. The number of nitriles is 1. The van der Waals surface area contributed by atoms with Crippen LogP contribution in [0.2, 0.25) is 0 Å². The van der Waals surface area contributed by atoms with Crippen LogP contribution in [0.15, 0.2) is 10.9 Å². The summed E-state index contributed by atoms with van der Waals surface area (Å²) in [6, 6.07) is 1.90. The third-order valence-electron chi connectivity index (χ3n) is 1.33. The summed E-state index contributed by atoms with van der Waals surface area (Å²) in [6.07, 6.45) is 1.44. The molecule has 0 radical (unpaired) electrons. The molecule has 0 aliphatic carbocycles. The summed E-state index contributed by atoms with van der Waals surface area (Å²) in [5.41, 5.74) is 0. The van der Waals surface area contributed by atoms with Crippen molar-refractivity contribution in [1.29, 1.82) is 5.26 Å². The van der Waals surface area contributed by atoms with Gasteiger partial charge in [-0.3, -0.25) is 5.10 Å². The van der Waals surface area contributed by atoms with Crippen LogP contribution in [0.4, 0.5) is 0 Å². The van der Waals surface area contributed by atoms with E-state index in [0.29, 0.717) is 11.6 Å². The van der Waals surface area contributed by atoms with Crippen LogP contribution in [-0.4, -0.2) is 25.3 Å². The Labute approximate surface area is 72.4 Å². The fourth-order valence-corrected chi connectivity index (χ4v) is 0.804. The molecule has 13 heavy (non-hydrogen) atoms. The molecule has 0 amide bonds. The highest BCUT2D eigenvalue weighted by molar-refractivity contribution is 5.39. The van der Waals surface area contributed by atoms with Gasteiger partial charge in [-0.15, -0.1) is 0 Å². The third-order valence-corrected chi connectivity index (χ3v) is 1.33. The van der Waals surface area contributed by atoms with Crippen LogP contribution in [-0.2, 0) is 6.42 Å². The van der Waals surface area contributed by atoms with Crippen molar-refractivity contribution < 1.29 is 4.52 Å². The fourth-order valence-electron chi connectivity index (χ4n) is 0.804. The number of H-pyrrole nitrogens is 1. The summed E-state index contributed by atoms with van der Waals surface area (Å²) in [7, 11) is 0. The van der Waals surface area contributed by atoms with E-state index in [1.807, 2.05) is 6.07 Å². The zero-order valence-corrected chi connectivity index (χ0v) is 6.43. The second kappa shape index (κ2) is 3.02. The quantitative estimate of drug-likeness (QED) is 0.686. The fraction of sp³-hybridized carbons (Fsp3) is 0.167. The highest BCUT2D eigenvalue weighted by Crippen LogP contribution is 2.08. The van der Waals surface area contributed by atoms with E-state index in [4.69, 9.17) is 9.78 Å². The normalized spacial score (nSPS) is 9.77. The summed E-state index contributed by atoms with van der Waals surface area (Å²) in [6.45, 7) is 0. The average molecular weight is 176 g/mol. The van der Waals surface area contributed by atoms with E-state index in [1.165, 1.54) is 6.33 Å². The minimum Gasteiger partial charge on any atom is -0.338 e. The summed E-state index contributed by atoms with van der Waals surface area (Å²) < 4.78 is 4.76. The Hall–Kier alpha value is -2.23. The van der Waals surface area contributed by atoms with E-state index in [2.05, 4.69) is 25.3 Å². The second-order valence-corrected chi connectivity index (χ2v) is 2.18. The molecule has 0 saturated carbocycles. The number of nitrogens with one attached hydrogen (secondary N) is 1. The molecule has 1 N–H and O–H groups in total. The van der Waals surface area contributed by atoms with E-state index in [1.54, 1.807) is 0 Å². The van der Waals surface area contributed by atoms with Gasteiger partial charge in [0, 0.05) is 0 Å². The van der Waals surface area contributed by atoms with E-state index in [-0.39, 0.29) is 12.3 Å². The zero-order valence-electron chi connectivity index (χ0n) is 6.43. The van der Waals surface area contributed by atoms with Gasteiger partial charge in [-0.25, -0.2) is 4.98 Å². The standard InChI is InChI=1S/C6H4N6O/c7-2-1-4-10-6(12-13-4)5-8-3-9-11-5/h3H,1H2,(H,8,9,11). The Kier molecular flexibility index (Phi) is 1.72. The lowest BCUT2D eigenvalue weighted by Crippen LogP contribution is -1.84. The van der Waals surface area contributed by atoms with Crippen molar-refractivity contribution in [3.05, 3.63) is 12.2 Å². The van der Waals surface area contributed by atoms with Crippen molar-refractivity contribution in [1.82, 2.24) is 25.3 Å². The van der Waals surface area contributed by atoms with Crippen molar-refractivity contribution in [2.45, 2.75) is 6.42 Å². The summed E-state index contributed by atoms with van der Waals surface area (Å²) in [5.74, 6) is 1.00. The van der Waals surface area contributed by atoms with Crippen LogP contribution in [0.25, 0.3) is 11.6 Å². The van der Waals surface area contributed by atoms with Gasteiger partial charge >= 0.3 is 0 Å². The molecule has 2 heterocycles. The van der Waals surface area contributed by atoms with Gasteiger partial charge in [0.05, 0.1) is 6.07 Å². The molecule has 64 valence electrons. The minimum absolute atomic E-state index is 0.0984. The number of hydrogen-bond acceptors (Lipinski definition) is 6. The molecule has 0 bridgehead atoms. The van der Waals surface area contributed by atoms with Gasteiger partial charge in [-0.1, -0.05) is 5.16 Å². The molecule has 2 rings (SSSR count). The van der Waals surface area contributed by atoms with E-state index < -0.39 is 0 Å². The first kappa shape index (κ1) is 7.42. The number of nitrogens with zero attached hydrogens (tertiary/aromatic N) is 5. The summed E-state index contributed by atoms with van der Waals surface area (Å²) in [4.78, 5) is 7.73. The lowest BCUT2D eigenvalue weighted by atomic mass is 10.5. The molecule has 2 aromatic rings. The van der Waals surface area contributed by atoms with Crippen LogP contribution in [0.5, 0.6) is 0 Å². The molecule has 0 aliphatic heterocycles. The molecule has 0 saturated heterocycles. The Bertz CT molecular complexity index is 424. The minimum atomic E-state index is 0.0984. The van der Waals surface area contributed by atoms with E-state index >= 15 is 0 Å². The summed E-state index contributed by atoms with van der Waals surface area (Å²) >= 11 is 0. The molecule has 0 aliphatic rings. The number of aromatic nitrogens is 5. The Morgan fingerprint density at radius 1 is 1.62 bits per heavy atom. The van der Waals surface area contributed by atoms with Crippen LogP contribution in [0.1, 0.15) is 5.89 Å². The van der Waals surface area contributed by atoms with Crippen LogP contribution in [0, 0.1) is 11.3 Å². The maximum atomic E-state index is 8.35. The first-order valence-corrected chi connectivity index (χ1v) is 3.45. The molecule has 0 unspecified atom stereocenters. The highest BCUT2D eigenvalue weighted by atomic mass is 16.5. The van der Waals surface area contributed by atoms with Crippen LogP contribution < -0.4 is 0 Å². The van der Waals surface area contributed by atoms with Gasteiger partial charge in [-0.05, 0) is 0 Å². The molecule has 2 aromatic heterocycles. The Balaban J connectivity index is 2.29. The van der Waals surface area contributed by atoms with Crippen molar-refractivity contribution in [2.75, 3.05) is 0 Å². The maximum Gasteiger partial charge on any atom is 0.241 e. The first-order valence-electron chi connectivity index (χ1n) is 3.45. The second-order valence-electron chi connectivity index (χ2n) is 2.18. The lowest BCUT2D eigenvalue weighted by Gasteiger charge is -1.79. The monoisotopic (exact) mass is 176 g/mol. The molecule has 0 atom stereocenters. The summed E-state index contributed by atoms with van der Waals surface area (Å²) in [5, 5.41) is 18.2. The molecule has 7 heteroatoms.